The quantitative estimate of drug-likeness (QED) is 0.220. The van der Waals surface area contributed by atoms with E-state index in [1.807, 2.05) is 31.2 Å². The monoisotopic (exact) mass is 436 g/mol. The molecule has 1 aromatic heterocycles. The Morgan fingerprint density at radius 3 is 2.60 bits per heavy atom. The number of para-hydroxylation sites is 1. The smallest absolute Gasteiger partial charge is 0.273 e. The second-order valence-electron chi connectivity index (χ2n) is 6.76. The first kappa shape index (κ1) is 20.1. The molecular weight excluding hydrogens is 420 g/mol. The van der Waals surface area contributed by atoms with Crippen molar-refractivity contribution in [1.29, 1.82) is 0 Å². The Morgan fingerprint density at radius 1 is 1.10 bits per heavy atom. The van der Waals surface area contributed by atoms with E-state index in [0.29, 0.717) is 31.9 Å². The molecule has 6 nitrogen and oxygen atoms in total. The third-order valence-corrected chi connectivity index (χ3v) is 6.04. The number of nitro benzene ring substituents is 1. The Bertz CT molecular complexity index is 1230. The molecule has 1 fully saturated rings. The van der Waals surface area contributed by atoms with Crippen LogP contribution in [-0.4, -0.2) is 15.2 Å². The van der Waals surface area contributed by atoms with Gasteiger partial charge in [0.15, 0.2) is 4.32 Å². The molecule has 0 bridgehead atoms. The molecule has 0 saturated carbocycles. The topological polar surface area (TPSA) is 76.6 Å². The molecule has 0 atom stereocenters. The number of thiocarbonyl (C=S) groups is 1. The van der Waals surface area contributed by atoms with Gasteiger partial charge in [0, 0.05) is 23.3 Å². The fraction of sp³-hybridized carbons (Fsp3) is 0.0909. The maximum Gasteiger partial charge on any atom is 0.273 e. The van der Waals surface area contributed by atoms with E-state index in [1.54, 1.807) is 37.3 Å². The molecule has 4 rings (SSSR count). The fourth-order valence-electron chi connectivity index (χ4n) is 3.16. The molecule has 1 saturated heterocycles. The summed E-state index contributed by atoms with van der Waals surface area (Å²) in [5.74, 6) is 0.750. The van der Waals surface area contributed by atoms with Crippen LogP contribution in [0.5, 0.6) is 0 Å². The van der Waals surface area contributed by atoms with Gasteiger partial charge in [0.1, 0.15) is 11.5 Å². The minimum Gasteiger partial charge on any atom is -0.457 e. The lowest BCUT2D eigenvalue weighted by Crippen LogP contribution is -2.28. The second kappa shape index (κ2) is 7.89. The zero-order valence-corrected chi connectivity index (χ0v) is 17.8. The maximum atomic E-state index is 12.9. The number of furan rings is 1. The average molecular weight is 437 g/mol. The maximum absolute atomic E-state index is 12.9. The molecule has 8 heteroatoms. The first-order chi connectivity index (χ1) is 14.3. The Hall–Kier alpha value is -3.23. The molecule has 2 aromatic carbocycles. The van der Waals surface area contributed by atoms with Gasteiger partial charge in [0.05, 0.1) is 15.5 Å². The minimum atomic E-state index is -0.417. The summed E-state index contributed by atoms with van der Waals surface area (Å²) in [5, 5.41) is 11.2. The van der Waals surface area contributed by atoms with Gasteiger partial charge in [-0.3, -0.25) is 19.8 Å². The zero-order valence-electron chi connectivity index (χ0n) is 16.1. The molecule has 0 unspecified atom stereocenters. The fourth-order valence-corrected chi connectivity index (χ4v) is 4.43. The molecular formula is C22H16N2O4S2. The van der Waals surface area contributed by atoms with Crippen molar-refractivity contribution in [3.63, 3.8) is 0 Å². The molecule has 0 spiro atoms. The molecule has 2 heterocycles. The number of anilines is 1. The van der Waals surface area contributed by atoms with Crippen molar-refractivity contribution < 1.29 is 14.1 Å². The number of carbonyl (C=O) groups excluding carboxylic acids is 1. The molecule has 1 aliphatic heterocycles. The first-order valence-corrected chi connectivity index (χ1v) is 10.3. The number of hydrogen-bond acceptors (Lipinski definition) is 6. The molecule has 0 radical (unpaired) electrons. The number of nitrogens with zero attached hydrogens (tertiary/aromatic N) is 2. The highest BCUT2D eigenvalue weighted by molar-refractivity contribution is 8.27. The lowest BCUT2D eigenvalue weighted by molar-refractivity contribution is -0.385. The van der Waals surface area contributed by atoms with Crippen LogP contribution in [0.2, 0.25) is 0 Å². The van der Waals surface area contributed by atoms with Crippen molar-refractivity contribution in [3.8, 4) is 11.3 Å². The molecule has 1 aliphatic rings. The third-order valence-electron chi connectivity index (χ3n) is 4.74. The van der Waals surface area contributed by atoms with E-state index < -0.39 is 4.92 Å². The van der Waals surface area contributed by atoms with E-state index in [-0.39, 0.29) is 11.6 Å². The number of thioether (sulfide) groups is 1. The van der Waals surface area contributed by atoms with Crippen LogP contribution < -0.4 is 4.90 Å². The summed E-state index contributed by atoms with van der Waals surface area (Å²) in [6, 6.07) is 15.9. The van der Waals surface area contributed by atoms with E-state index in [9.17, 15) is 14.9 Å². The summed E-state index contributed by atoms with van der Waals surface area (Å²) in [6.07, 6.45) is 1.64. The van der Waals surface area contributed by atoms with Crippen LogP contribution >= 0.6 is 24.0 Å². The van der Waals surface area contributed by atoms with Gasteiger partial charge in [-0.05, 0) is 37.6 Å². The normalized spacial score (nSPS) is 15.3. The van der Waals surface area contributed by atoms with Gasteiger partial charge in [-0.2, -0.15) is 0 Å². The Labute approximate surface area is 182 Å². The summed E-state index contributed by atoms with van der Waals surface area (Å²) < 4.78 is 6.29. The summed E-state index contributed by atoms with van der Waals surface area (Å²) in [5.41, 5.74) is 2.92. The number of hydrogen-bond donors (Lipinski definition) is 0. The second-order valence-corrected chi connectivity index (χ2v) is 8.44. The Balaban J connectivity index is 1.63. The number of rotatable bonds is 4. The lowest BCUT2D eigenvalue weighted by atomic mass is 10.1. The molecule has 0 N–H and O–H groups in total. The van der Waals surface area contributed by atoms with Crippen molar-refractivity contribution in [3.05, 3.63) is 86.5 Å². The largest absolute Gasteiger partial charge is 0.457 e. The van der Waals surface area contributed by atoms with Crippen molar-refractivity contribution in [2.75, 3.05) is 4.90 Å². The molecule has 150 valence electrons. The van der Waals surface area contributed by atoms with Crippen molar-refractivity contribution in [1.82, 2.24) is 0 Å². The van der Waals surface area contributed by atoms with Gasteiger partial charge in [0.25, 0.3) is 11.6 Å². The van der Waals surface area contributed by atoms with Crippen molar-refractivity contribution >= 4 is 51.7 Å². The van der Waals surface area contributed by atoms with Crippen LogP contribution in [0.15, 0.2) is 63.9 Å². The van der Waals surface area contributed by atoms with Gasteiger partial charge in [0.2, 0.25) is 0 Å². The number of amides is 1. The van der Waals surface area contributed by atoms with Gasteiger partial charge >= 0.3 is 0 Å². The molecule has 3 aromatic rings. The van der Waals surface area contributed by atoms with Crippen LogP contribution in [0.1, 0.15) is 16.9 Å². The van der Waals surface area contributed by atoms with Gasteiger partial charge in [-0.15, -0.1) is 0 Å². The Morgan fingerprint density at radius 2 is 1.87 bits per heavy atom. The van der Waals surface area contributed by atoms with Crippen molar-refractivity contribution in [2.24, 2.45) is 0 Å². The van der Waals surface area contributed by atoms with Crippen LogP contribution in [-0.2, 0) is 4.79 Å². The van der Waals surface area contributed by atoms with Crippen LogP contribution in [0.4, 0.5) is 11.4 Å². The van der Waals surface area contributed by atoms with Gasteiger partial charge < -0.3 is 4.42 Å². The zero-order chi connectivity index (χ0) is 21.4. The van der Waals surface area contributed by atoms with Gasteiger partial charge in [-0.1, -0.05) is 54.3 Å². The van der Waals surface area contributed by atoms with Crippen LogP contribution in [0, 0.1) is 24.0 Å². The highest BCUT2D eigenvalue weighted by atomic mass is 32.2. The third kappa shape index (κ3) is 3.67. The predicted molar refractivity (Wildman–Crippen MR) is 122 cm³/mol. The standard InChI is InChI=1S/C22H16N2O4S2/c1-13-5-3-4-6-17(13)23-21(25)20(30-22(23)29)12-16-9-10-19(28-16)15-8-7-14(2)18(11-15)24(26)27/h3-12H,1-2H3/b20-12+. The summed E-state index contributed by atoms with van der Waals surface area (Å²) in [6.45, 7) is 3.61. The van der Waals surface area contributed by atoms with E-state index in [0.717, 1.165) is 11.3 Å². The number of aryl methyl sites for hydroxylation is 2. The van der Waals surface area contributed by atoms with Crippen LogP contribution in [0.25, 0.3) is 17.4 Å². The number of nitro groups is 1. The minimum absolute atomic E-state index is 0.0320. The summed E-state index contributed by atoms with van der Waals surface area (Å²) >= 11 is 6.63. The molecule has 1 amide bonds. The van der Waals surface area contributed by atoms with Gasteiger partial charge in [-0.25, -0.2) is 0 Å². The highest BCUT2D eigenvalue weighted by Crippen LogP contribution is 2.38. The Kier molecular flexibility index (Phi) is 5.27. The van der Waals surface area contributed by atoms with Crippen LogP contribution in [0.3, 0.4) is 0 Å². The van der Waals surface area contributed by atoms with E-state index in [2.05, 4.69) is 0 Å². The highest BCUT2D eigenvalue weighted by Gasteiger charge is 2.34. The summed E-state index contributed by atoms with van der Waals surface area (Å²) in [7, 11) is 0. The van der Waals surface area contributed by atoms with E-state index >= 15 is 0 Å². The molecule has 30 heavy (non-hydrogen) atoms. The average Bonchev–Trinajstić information content (AvgIpc) is 3.28. The first-order valence-electron chi connectivity index (χ1n) is 9.04. The van der Waals surface area contributed by atoms with Crippen molar-refractivity contribution in [2.45, 2.75) is 13.8 Å². The summed E-state index contributed by atoms with van der Waals surface area (Å²) in [4.78, 5) is 25.7. The SMILES string of the molecule is Cc1ccccc1N1C(=O)/C(=C\c2ccc(-c3ccc(C)c([N+](=O)[O-])c3)o2)SC1=S. The predicted octanol–water partition coefficient (Wildman–Crippen LogP) is 5.88. The molecule has 0 aliphatic carbocycles. The number of carbonyl (C=O) groups is 1. The lowest BCUT2D eigenvalue weighted by Gasteiger charge is -2.16. The number of benzene rings is 2. The van der Waals surface area contributed by atoms with E-state index in [1.165, 1.54) is 22.7 Å². The van der Waals surface area contributed by atoms with E-state index in [4.69, 9.17) is 16.6 Å².